The zero-order chi connectivity index (χ0) is 12.5. The van der Waals surface area contributed by atoms with Crippen LogP contribution in [0.15, 0.2) is 0 Å². The quantitative estimate of drug-likeness (QED) is 0.766. The fraction of sp³-hybridized carbons (Fsp3) is 0.933. The molecule has 3 atom stereocenters. The first-order valence-electron chi connectivity index (χ1n) is 7.68. The SMILES string of the molecule is CC1CCC(OC(=O)C2NCC3CCCC32)CC1. The summed E-state index contributed by atoms with van der Waals surface area (Å²) in [6.45, 7) is 3.31. The van der Waals surface area contributed by atoms with Gasteiger partial charge in [-0.05, 0) is 62.8 Å². The minimum Gasteiger partial charge on any atom is -0.461 e. The van der Waals surface area contributed by atoms with Crippen molar-refractivity contribution < 1.29 is 9.53 Å². The third-order valence-corrected chi connectivity index (χ3v) is 5.25. The Kier molecular flexibility index (Phi) is 3.60. The van der Waals surface area contributed by atoms with Crippen LogP contribution in [0.25, 0.3) is 0 Å². The predicted molar refractivity (Wildman–Crippen MR) is 70.1 cm³/mol. The highest BCUT2D eigenvalue weighted by Crippen LogP contribution is 2.38. The van der Waals surface area contributed by atoms with Gasteiger partial charge in [-0.1, -0.05) is 13.3 Å². The third kappa shape index (κ3) is 2.42. The predicted octanol–water partition coefficient (Wildman–Crippen LogP) is 2.50. The Morgan fingerprint density at radius 1 is 1.11 bits per heavy atom. The topological polar surface area (TPSA) is 38.3 Å². The van der Waals surface area contributed by atoms with E-state index < -0.39 is 0 Å². The van der Waals surface area contributed by atoms with Gasteiger partial charge in [0.2, 0.25) is 0 Å². The van der Waals surface area contributed by atoms with Gasteiger partial charge in [-0.3, -0.25) is 4.79 Å². The van der Waals surface area contributed by atoms with Crippen LogP contribution in [-0.4, -0.2) is 24.7 Å². The van der Waals surface area contributed by atoms with E-state index >= 15 is 0 Å². The van der Waals surface area contributed by atoms with E-state index in [1.807, 2.05) is 0 Å². The summed E-state index contributed by atoms with van der Waals surface area (Å²) < 4.78 is 5.73. The zero-order valence-corrected chi connectivity index (χ0v) is 11.4. The van der Waals surface area contributed by atoms with E-state index in [9.17, 15) is 4.79 Å². The molecule has 102 valence electrons. The molecule has 3 aliphatic rings. The minimum absolute atomic E-state index is 0.00292. The number of nitrogens with one attached hydrogen (secondary N) is 1. The number of fused-ring (bicyclic) bond motifs is 1. The maximum Gasteiger partial charge on any atom is 0.323 e. The molecule has 18 heavy (non-hydrogen) atoms. The van der Waals surface area contributed by atoms with Gasteiger partial charge in [0.1, 0.15) is 12.1 Å². The Labute approximate surface area is 110 Å². The summed E-state index contributed by atoms with van der Waals surface area (Å²) >= 11 is 0. The second-order valence-corrected chi connectivity index (χ2v) is 6.56. The number of rotatable bonds is 2. The van der Waals surface area contributed by atoms with Crippen molar-refractivity contribution in [2.24, 2.45) is 17.8 Å². The standard InChI is InChI=1S/C15H25NO2/c1-10-5-7-12(8-6-10)18-15(17)14-13-4-2-3-11(13)9-16-14/h10-14,16H,2-9H2,1H3. The summed E-state index contributed by atoms with van der Waals surface area (Å²) in [4.78, 5) is 12.3. The van der Waals surface area contributed by atoms with Gasteiger partial charge in [-0.2, -0.15) is 0 Å². The molecule has 1 saturated heterocycles. The summed E-state index contributed by atoms with van der Waals surface area (Å²) in [6, 6.07) is -0.00292. The van der Waals surface area contributed by atoms with E-state index in [0.717, 1.165) is 31.2 Å². The Morgan fingerprint density at radius 2 is 1.89 bits per heavy atom. The van der Waals surface area contributed by atoms with Crippen LogP contribution in [0.4, 0.5) is 0 Å². The van der Waals surface area contributed by atoms with Crippen molar-refractivity contribution in [1.29, 1.82) is 0 Å². The summed E-state index contributed by atoms with van der Waals surface area (Å²) in [5.41, 5.74) is 0. The molecule has 0 spiro atoms. The molecule has 3 unspecified atom stereocenters. The molecule has 1 heterocycles. The molecule has 2 aliphatic carbocycles. The lowest BCUT2D eigenvalue weighted by Gasteiger charge is -2.28. The molecule has 0 aromatic carbocycles. The number of hydrogen-bond acceptors (Lipinski definition) is 3. The van der Waals surface area contributed by atoms with Crippen molar-refractivity contribution in [2.45, 2.75) is 64.0 Å². The van der Waals surface area contributed by atoms with Crippen molar-refractivity contribution in [3.8, 4) is 0 Å². The third-order valence-electron chi connectivity index (χ3n) is 5.25. The van der Waals surface area contributed by atoms with Gasteiger partial charge < -0.3 is 10.1 Å². The highest BCUT2D eigenvalue weighted by Gasteiger charge is 2.43. The van der Waals surface area contributed by atoms with Gasteiger partial charge in [0, 0.05) is 0 Å². The molecule has 0 aromatic rings. The molecule has 0 amide bonds. The van der Waals surface area contributed by atoms with Gasteiger partial charge in [-0.25, -0.2) is 0 Å². The highest BCUT2D eigenvalue weighted by atomic mass is 16.5. The van der Waals surface area contributed by atoms with Crippen LogP contribution < -0.4 is 5.32 Å². The lowest BCUT2D eigenvalue weighted by molar-refractivity contribution is -0.154. The van der Waals surface area contributed by atoms with E-state index in [1.165, 1.54) is 32.1 Å². The fourth-order valence-electron chi connectivity index (χ4n) is 4.03. The number of carbonyl (C=O) groups excluding carboxylic acids is 1. The van der Waals surface area contributed by atoms with Crippen molar-refractivity contribution in [3.05, 3.63) is 0 Å². The lowest BCUT2D eigenvalue weighted by Crippen LogP contribution is -2.39. The normalized spacial score (nSPS) is 43.7. The maximum atomic E-state index is 12.3. The van der Waals surface area contributed by atoms with Crippen LogP contribution in [0.3, 0.4) is 0 Å². The summed E-state index contributed by atoms with van der Waals surface area (Å²) in [7, 11) is 0. The summed E-state index contributed by atoms with van der Waals surface area (Å²) in [6.07, 6.45) is 8.53. The van der Waals surface area contributed by atoms with Crippen LogP contribution in [0, 0.1) is 17.8 Å². The molecule has 1 aliphatic heterocycles. The van der Waals surface area contributed by atoms with Crippen LogP contribution in [0.5, 0.6) is 0 Å². The van der Waals surface area contributed by atoms with Crippen LogP contribution >= 0.6 is 0 Å². The number of carbonyl (C=O) groups is 1. The lowest BCUT2D eigenvalue weighted by atomic mass is 9.88. The molecule has 3 fully saturated rings. The first-order chi connectivity index (χ1) is 8.74. The van der Waals surface area contributed by atoms with E-state index in [4.69, 9.17) is 4.74 Å². The maximum absolute atomic E-state index is 12.3. The molecule has 0 aromatic heterocycles. The van der Waals surface area contributed by atoms with E-state index in [1.54, 1.807) is 0 Å². The summed E-state index contributed by atoms with van der Waals surface area (Å²) in [5, 5.41) is 3.38. The molecule has 2 saturated carbocycles. The molecule has 3 nitrogen and oxygen atoms in total. The van der Waals surface area contributed by atoms with E-state index in [0.29, 0.717) is 5.92 Å². The first-order valence-corrected chi connectivity index (χ1v) is 7.68. The van der Waals surface area contributed by atoms with Crippen molar-refractivity contribution in [1.82, 2.24) is 5.32 Å². The van der Waals surface area contributed by atoms with Gasteiger partial charge in [0.05, 0.1) is 0 Å². The van der Waals surface area contributed by atoms with Crippen LogP contribution in [0.1, 0.15) is 51.9 Å². The number of ether oxygens (including phenoxy) is 1. The number of hydrogen-bond donors (Lipinski definition) is 1. The van der Waals surface area contributed by atoms with Gasteiger partial charge in [0.25, 0.3) is 0 Å². The Balaban J connectivity index is 1.52. The minimum atomic E-state index is -0.00292. The average Bonchev–Trinajstić information content (AvgIpc) is 2.93. The molecule has 1 N–H and O–H groups in total. The zero-order valence-electron chi connectivity index (χ0n) is 11.4. The smallest absolute Gasteiger partial charge is 0.323 e. The second kappa shape index (κ2) is 5.20. The highest BCUT2D eigenvalue weighted by molar-refractivity contribution is 5.77. The molecule has 0 radical (unpaired) electrons. The Morgan fingerprint density at radius 3 is 2.67 bits per heavy atom. The molecule has 3 rings (SSSR count). The second-order valence-electron chi connectivity index (χ2n) is 6.56. The monoisotopic (exact) mass is 251 g/mol. The van der Waals surface area contributed by atoms with E-state index in [-0.39, 0.29) is 18.1 Å². The first kappa shape index (κ1) is 12.5. The molecular formula is C15H25NO2. The number of esters is 1. The molecule has 3 heteroatoms. The van der Waals surface area contributed by atoms with Crippen molar-refractivity contribution >= 4 is 5.97 Å². The van der Waals surface area contributed by atoms with Crippen LogP contribution in [-0.2, 0) is 9.53 Å². The van der Waals surface area contributed by atoms with Gasteiger partial charge in [0.15, 0.2) is 0 Å². The van der Waals surface area contributed by atoms with E-state index in [2.05, 4.69) is 12.2 Å². The largest absolute Gasteiger partial charge is 0.461 e. The molecular weight excluding hydrogens is 226 g/mol. The van der Waals surface area contributed by atoms with Gasteiger partial charge >= 0.3 is 5.97 Å². The van der Waals surface area contributed by atoms with Gasteiger partial charge in [-0.15, -0.1) is 0 Å². The van der Waals surface area contributed by atoms with Crippen molar-refractivity contribution in [2.75, 3.05) is 6.54 Å². The average molecular weight is 251 g/mol. The Bertz CT molecular complexity index is 310. The Hall–Kier alpha value is -0.570. The van der Waals surface area contributed by atoms with Crippen molar-refractivity contribution in [3.63, 3.8) is 0 Å². The van der Waals surface area contributed by atoms with Crippen LogP contribution in [0.2, 0.25) is 0 Å². The summed E-state index contributed by atoms with van der Waals surface area (Å²) in [5.74, 6) is 2.13. The molecule has 0 bridgehead atoms. The fourth-order valence-corrected chi connectivity index (χ4v) is 4.03.